The molecule has 1 aromatic carbocycles. The lowest BCUT2D eigenvalue weighted by Gasteiger charge is -2.19. The van der Waals surface area contributed by atoms with Crippen LogP contribution in [0.15, 0.2) is 18.2 Å². The van der Waals surface area contributed by atoms with Gasteiger partial charge in [0, 0.05) is 12.2 Å². The molecule has 0 unspecified atom stereocenters. The van der Waals surface area contributed by atoms with E-state index < -0.39 is 0 Å². The minimum Gasteiger partial charge on any atom is -0.462 e. The van der Waals surface area contributed by atoms with Crippen molar-refractivity contribution >= 4 is 11.7 Å². The van der Waals surface area contributed by atoms with Crippen molar-refractivity contribution in [2.75, 3.05) is 18.5 Å². The molecule has 0 aliphatic carbocycles. The number of carbonyl (C=O) groups is 1. The second-order valence-electron chi connectivity index (χ2n) is 6.35. The predicted octanol–water partition coefficient (Wildman–Crippen LogP) is 3.64. The first-order valence-electron chi connectivity index (χ1n) is 7.00. The summed E-state index contributed by atoms with van der Waals surface area (Å²) < 4.78 is 5.34. The van der Waals surface area contributed by atoms with Crippen LogP contribution in [-0.4, -0.2) is 19.1 Å². The first-order chi connectivity index (χ1) is 8.96. The van der Waals surface area contributed by atoms with Gasteiger partial charge in [-0.05, 0) is 48.4 Å². The van der Waals surface area contributed by atoms with Gasteiger partial charge < -0.3 is 10.1 Å². The van der Waals surface area contributed by atoms with Gasteiger partial charge in [-0.25, -0.2) is 4.79 Å². The van der Waals surface area contributed by atoms with E-state index in [1.807, 2.05) is 18.2 Å². The number of carbonyl (C=O) groups excluding carboxylic acids is 1. The Labute approximate surface area is 115 Å². The minimum atomic E-state index is -0.211. The van der Waals surface area contributed by atoms with Gasteiger partial charge in [0.2, 0.25) is 0 Å². The Bertz CT molecular complexity index is 460. The molecule has 0 saturated carbocycles. The number of fused-ring (bicyclic) bond motifs is 1. The summed E-state index contributed by atoms with van der Waals surface area (Å²) in [6, 6.07) is 5.78. The predicted molar refractivity (Wildman–Crippen MR) is 77.6 cm³/mol. The summed E-state index contributed by atoms with van der Waals surface area (Å²) in [6.45, 7) is 7.93. The number of rotatable bonds is 3. The van der Waals surface area contributed by atoms with Crippen LogP contribution in [0.2, 0.25) is 0 Å². The highest BCUT2D eigenvalue weighted by atomic mass is 16.5. The Hall–Kier alpha value is -1.51. The van der Waals surface area contributed by atoms with Gasteiger partial charge in [-0.15, -0.1) is 0 Å². The Morgan fingerprint density at radius 2 is 2.16 bits per heavy atom. The summed E-state index contributed by atoms with van der Waals surface area (Å²) in [4.78, 5) is 12.0. The molecule has 3 heteroatoms. The molecule has 0 spiro atoms. The molecule has 0 atom stereocenters. The maximum Gasteiger partial charge on any atom is 0.338 e. The van der Waals surface area contributed by atoms with Crippen LogP contribution in [0, 0.1) is 5.41 Å². The van der Waals surface area contributed by atoms with Crippen LogP contribution in [0.5, 0.6) is 0 Å². The third kappa shape index (κ3) is 3.98. The average molecular weight is 261 g/mol. The number of nitrogens with one attached hydrogen (secondary N) is 1. The lowest BCUT2D eigenvalue weighted by atomic mass is 9.93. The molecular weight excluding hydrogens is 238 g/mol. The first kappa shape index (κ1) is 13.9. The smallest absolute Gasteiger partial charge is 0.338 e. The van der Waals surface area contributed by atoms with E-state index >= 15 is 0 Å². The number of benzene rings is 1. The molecule has 1 aliphatic heterocycles. The van der Waals surface area contributed by atoms with Crippen molar-refractivity contribution in [1.29, 1.82) is 0 Å². The van der Waals surface area contributed by atoms with Gasteiger partial charge in [0.15, 0.2) is 0 Å². The molecule has 0 bridgehead atoms. The second-order valence-corrected chi connectivity index (χ2v) is 6.35. The van der Waals surface area contributed by atoms with E-state index in [-0.39, 0.29) is 11.4 Å². The van der Waals surface area contributed by atoms with Crippen molar-refractivity contribution in [2.45, 2.75) is 40.0 Å². The molecule has 1 aromatic rings. The first-order valence-corrected chi connectivity index (χ1v) is 7.00. The quantitative estimate of drug-likeness (QED) is 0.844. The fraction of sp³-hybridized carbons (Fsp3) is 0.562. The minimum absolute atomic E-state index is 0.194. The zero-order valence-corrected chi connectivity index (χ0v) is 12.1. The maximum absolute atomic E-state index is 12.0. The van der Waals surface area contributed by atoms with Gasteiger partial charge in [0.05, 0.1) is 12.2 Å². The van der Waals surface area contributed by atoms with E-state index in [4.69, 9.17) is 4.74 Å². The fourth-order valence-electron chi connectivity index (χ4n) is 2.14. The zero-order valence-electron chi connectivity index (χ0n) is 12.1. The Morgan fingerprint density at radius 1 is 1.37 bits per heavy atom. The third-order valence-electron chi connectivity index (χ3n) is 3.36. The van der Waals surface area contributed by atoms with Crippen LogP contribution in [0.4, 0.5) is 5.69 Å². The van der Waals surface area contributed by atoms with E-state index in [0.29, 0.717) is 12.2 Å². The maximum atomic E-state index is 12.0. The SMILES string of the molecule is CC(C)(C)CCOC(=O)c1ccc2c(c1)CCCN2. The van der Waals surface area contributed by atoms with Crippen molar-refractivity contribution in [3.8, 4) is 0 Å². The van der Waals surface area contributed by atoms with Crippen LogP contribution >= 0.6 is 0 Å². The fourth-order valence-corrected chi connectivity index (χ4v) is 2.14. The van der Waals surface area contributed by atoms with Crippen molar-refractivity contribution in [2.24, 2.45) is 5.41 Å². The molecule has 1 heterocycles. The second kappa shape index (κ2) is 5.64. The molecule has 0 saturated heterocycles. The molecule has 3 nitrogen and oxygen atoms in total. The summed E-state index contributed by atoms with van der Waals surface area (Å²) in [6.07, 6.45) is 3.03. The molecule has 19 heavy (non-hydrogen) atoms. The van der Waals surface area contributed by atoms with Crippen molar-refractivity contribution in [3.05, 3.63) is 29.3 Å². The summed E-state index contributed by atoms with van der Waals surface area (Å²) in [5, 5.41) is 3.34. The number of esters is 1. The number of anilines is 1. The van der Waals surface area contributed by atoms with Gasteiger partial charge in [0.1, 0.15) is 0 Å². The van der Waals surface area contributed by atoms with Crippen LogP contribution < -0.4 is 5.32 Å². The van der Waals surface area contributed by atoms with Gasteiger partial charge in [0.25, 0.3) is 0 Å². The normalized spacial score (nSPS) is 14.5. The van der Waals surface area contributed by atoms with Gasteiger partial charge >= 0.3 is 5.97 Å². The lowest BCUT2D eigenvalue weighted by Crippen LogP contribution is -2.15. The molecule has 0 fully saturated rings. The van der Waals surface area contributed by atoms with E-state index in [2.05, 4.69) is 26.1 Å². The lowest BCUT2D eigenvalue weighted by molar-refractivity contribution is 0.0465. The molecule has 1 N–H and O–H groups in total. The summed E-state index contributed by atoms with van der Waals surface area (Å²) in [5.74, 6) is -0.211. The molecule has 0 radical (unpaired) electrons. The van der Waals surface area contributed by atoms with Crippen LogP contribution in [0.3, 0.4) is 0 Å². The van der Waals surface area contributed by atoms with Crippen LogP contribution in [-0.2, 0) is 11.2 Å². The highest BCUT2D eigenvalue weighted by Crippen LogP contribution is 2.23. The van der Waals surface area contributed by atoms with Crippen LogP contribution in [0.1, 0.15) is 49.5 Å². The van der Waals surface area contributed by atoms with Crippen molar-refractivity contribution in [3.63, 3.8) is 0 Å². The van der Waals surface area contributed by atoms with Gasteiger partial charge in [-0.1, -0.05) is 20.8 Å². The summed E-state index contributed by atoms with van der Waals surface area (Å²) >= 11 is 0. The highest BCUT2D eigenvalue weighted by Gasteiger charge is 2.15. The summed E-state index contributed by atoms with van der Waals surface area (Å²) in [7, 11) is 0. The van der Waals surface area contributed by atoms with E-state index in [9.17, 15) is 4.79 Å². The summed E-state index contributed by atoms with van der Waals surface area (Å²) in [5.41, 5.74) is 3.23. The Kier molecular flexibility index (Phi) is 4.13. The molecule has 104 valence electrons. The molecule has 0 aromatic heterocycles. The van der Waals surface area contributed by atoms with Gasteiger partial charge in [-0.3, -0.25) is 0 Å². The molecular formula is C16H23NO2. The number of ether oxygens (including phenoxy) is 1. The number of hydrogen-bond acceptors (Lipinski definition) is 3. The molecule has 0 amide bonds. The monoisotopic (exact) mass is 261 g/mol. The number of aryl methyl sites for hydroxylation is 1. The molecule has 2 rings (SSSR count). The molecule has 1 aliphatic rings. The van der Waals surface area contributed by atoms with Gasteiger partial charge in [-0.2, -0.15) is 0 Å². The van der Waals surface area contributed by atoms with Crippen molar-refractivity contribution < 1.29 is 9.53 Å². The largest absolute Gasteiger partial charge is 0.462 e. The third-order valence-corrected chi connectivity index (χ3v) is 3.36. The van der Waals surface area contributed by atoms with E-state index in [1.54, 1.807) is 0 Å². The highest BCUT2D eigenvalue weighted by molar-refractivity contribution is 5.90. The standard InChI is InChI=1S/C16H23NO2/c1-16(2,3)8-10-19-15(18)13-6-7-14-12(11-13)5-4-9-17-14/h6-7,11,17H,4-5,8-10H2,1-3H3. The van der Waals surface area contributed by atoms with Crippen LogP contribution in [0.25, 0.3) is 0 Å². The van der Waals surface area contributed by atoms with Crippen molar-refractivity contribution in [1.82, 2.24) is 0 Å². The Balaban J connectivity index is 1.96. The zero-order chi connectivity index (χ0) is 13.9. The number of hydrogen-bond donors (Lipinski definition) is 1. The van der Waals surface area contributed by atoms with E-state index in [0.717, 1.165) is 31.5 Å². The Morgan fingerprint density at radius 3 is 2.89 bits per heavy atom. The van der Waals surface area contributed by atoms with E-state index in [1.165, 1.54) is 5.56 Å². The topological polar surface area (TPSA) is 38.3 Å². The average Bonchev–Trinajstić information content (AvgIpc) is 2.36.